The van der Waals surface area contributed by atoms with Crippen LogP contribution in [-0.4, -0.2) is 34.5 Å². The van der Waals surface area contributed by atoms with Gasteiger partial charge in [0.2, 0.25) is 5.91 Å². The average Bonchev–Trinajstić information content (AvgIpc) is 2.85. The summed E-state index contributed by atoms with van der Waals surface area (Å²) in [6, 6.07) is 0. The Morgan fingerprint density at radius 1 is 1.13 bits per heavy atom. The van der Waals surface area contributed by atoms with E-state index < -0.39 is 22.8 Å². The largest absolute Gasteiger partial charge is 0.460 e. The van der Waals surface area contributed by atoms with E-state index in [2.05, 4.69) is 22.1 Å². The van der Waals surface area contributed by atoms with Crippen molar-refractivity contribution in [3.8, 4) is 30.4 Å². The lowest BCUT2D eigenvalue weighted by molar-refractivity contribution is -0.155. The lowest BCUT2D eigenvalue weighted by Gasteiger charge is -2.23. The van der Waals surface area contributed by atoms with Crippen molar-refractivity contribution in [3.05, 3.63) is 23.0 Å². The van der Waals surface area contributed by atoms with Crippen LogP contribution in [0.25, 0.3) is 0 Å². The van der Waals surface area contributed by atoms with Gasteiger partial charge in [0.25, 0.3) is 0 Å². The highest BCUT2D eigenvalue weighted by molar-refractivity contribution is 5.82. The maximum absolute atomic E-state index is 12.8. The average molecular weight is 527 g/mol. The zero-order valence-corrected chi connectivity index (χ0v) is 23.6. The summed E-state index contributed by atoms with van der Waals surface area (Å²) in [4.78, 5) is 42.5. The second-order valence-electron chi connectivity index (χ2n) is 10.8. The number of carbonyl (C=O) groups excluding carboxylic acids is 3. The Kier molecular flexibility index (Phi) is 13.0. The standard InChI is InChI=1S/C30H42N2O6/c1-9-15-29(5,6)27(35)32-18-24-23(20-37-28(36)30(7,8)16-10-2)17-31-21(4)26(24)38-25(34)14-12-13-22(11-3)19-33/h1-2,17,22,33H,11-16,18-20H2,3-8H3,(H,32,35). The van der Waals surface area contributed by atoms with Gasteiger partial charge in [-0.2, -0.15) is 0 Å². The molecule has 0 aromatic carbocycles. The van der Waals surface area contributed by atoms with Crippen molar-refractivity contribution in [2.24, 2.45) is 16.7 Å². The summed E-state index contributed by atoms with van der Waals surface area (Å²) >= 11 is 0. The molecule has 0 saturated carbocycles. The highest BCUT2D eigenvalue weighted by atomic mass is 16.5. The summed E-state index contributed by atoms with van der Waals surface area (Å²) in [5.41, 5.74) is -0.248. The molecule has 0 fully saturated rings. The molecule has 0 aliphatic carbocycles. The van der Waals surface area contributed by atoms with E-state index in [0.29, 0.717) is 29.7 Å². The van der Waals surface area contributed by atoms with Crippen molar-refractivity contribution in [2.45, 2.75) is 93.2 Å². The number of aliphatic hydroxyl groups is 1. The Morgan fingerprint density at radius 2 is 1.76 bits per heavy atom. The molecular weight excluding hydrogens is 484 g/mol. The number of aromatic nitrogens is 1. The van der Waals surface area contributed by atoms with Crippen LogP contribution in [0.4, 0.5) is 0 Å². The van der Waals surface area contributed by atoms with Gasteiger partial charge in [0.15, 0.2) is 5.75 Å². The first-order chi connectivity index (χ1) is 17.8. The molecular formula is C30H42N2O6. The van der Waals surface area contributed by atoms with Crippen LogP contribution in [0.5, 0.6) is 5.75 Å². The minimum absolute atomic E-state index is 0.0157. The van der Waals surface area contributed by atoms with Crippen LogP contribution < -0.4 is 10.1 Å². The van der Waals surface area contributed by atoms with Crippen molar-refractivity contribution in [2.75, 3.05) is 6.61 Å². The SMILES string of the molecule is C#CCC(C)(C)C(=O)NCc1c(COC(=O)C(C)(C)CC#C)cnc(C)c1OC(=O)CCCC(CC)CO. The Hall–Kier alpha value is -3.36. The van der Waals surface area contributed by atoms with Crippen LogP contribution in [0.2, 0.25) is 0 Å². The molecule has 8 heteroatoms. The highest BCUT2D eigenvalue weighted by Crippen LogP contribution is 2.29. The summed E-state index contributed by atoms with van der Waals surface area (Å²) in [5.74, 6) is 4.15. The number of nitrogens with zero attached hydrogens (tertiary/aromatic N) is 1. The molecule has 0 aliphatic heterocycles. The van der Waals surface area contributed by atoms with E-state index in [-0.39, 0.29) is 56.6 Å². The van der Waals surface area contributed by atoms with E-state index in [0.717, 1.165) is 6.42 Å². The lowest BCUT2D eigenvalue weighted by Crippen LogP contribution is -2.36. The van der Waals surface area contributed by atoms with Gasteiger partial charge in [-0.05, 0) is 39.5 Å². The number of terminal acetylenes is 2. The number of hydrogen-bond acceptors (Lipinski definition) is 7. The zero-order valence-electron chi connectivity index (χ0n) is 23.6. The second kappa shape index (κ2) is 15.1. The topological polar surface area (TPSA) is 115 Å². The first kappa shape index (κ1) is 32.7. The van der Waals surface area contributed by atoms with Crippen molar-refractivity contribution < 1.29 is 29.0 Å². The molecule has 208 valence electrons. The monoisotopic (exact) mass is 526 g/mol. The maximum Gasteiger partial charge on any atom is 0.312 e. The van der Waals surface area contributed by atoms with Crippen molar-refractivity contribution in [1.29, 1.82) is 0 Å². The van der Waals surface area contributed by atoms with Crippen molar-refractivity contribution >= 4 is 17.8 Å². The summed E-state index contributed by atoms with van der Waals surface area (Å²) in [6.07, 6.45) is 15.0. The first-order valence-electron chi connectivity index (χ1n) is 12.9. The van der Waals surface area contributed by atoms with E-state index in [4.69, 9.17) is 22.3 Å². The van der Waals surface area contributed by atoms with Crippen LogP contribution in [0, 0.1) is 48.4 Å². The molecule has 1 atom stereocenters. The number of aryl methyl sites for hydroxylation is 1. The van der Waals surface area contributed by atoms with Gasteiger partial charge in [-0.15, -0.1) is 24.7 Å². The number of amides is 1. The van der Waals surface area contributed by atoms with Gasteiger partial charge >= 0.3 is 11.9 Å². The normalized spacial score (nSPS) is 12.1. The number of esters is 2. The predicted octanol–water partition coefficient (Wildman–Crippen LogP) is 4.24. The molecule has 0 bridgehead atoms. The molecule has 0 aliphatic rings. The maximum atomic E-state index is 12.8. The summed E-state index contributed by atoms with van der Waals surface area (Å²) in [5, 5.41) is 12.2. The quantitative estimate of drug-likeness (QED) is 0.259. The molecule has 1 heterocycles. The number of nitrogens with one attached hydrogen (secondary N) is 1. The van der Waals surface area contributed by atoms with Crippen LogP contribution >= 0.6 is 0 Å². The fourth-order valence-electron chi connectivity index (χ4n) is 3.66. The molecule has 1 aromatic heterocycles. The van der Waals surface area contributed by atoms with Crippen LogP contribution in [0.15, 0.2) is 6.20 Å². The lowest BCUT2D eigenvalue weighted by atomic mass is 9.88. The minimum Gasteiger partial charge on any atom is -0.460 e. The van der Waals surface area contributed by atoms with Crippen LogP contribution in [-0.2, 0) is 32.3 Å². The fraction of sp³-hybridized carbons (Fsp3) is 0.600. The highest BCUT2D eigenvalue weighted by Gasteiger charge is 2.30. The third kappa shape index (κ3) is 9.84. The Labute approximate surface area is 227 Å². The molecule has 0 spiro atoms. The molecule has 0 saturated heterocycles. The molecule has 1 aromatic rings. The number of ether oxygens (including phenoxy) is 2. The van der Waals surface area contributed by atoms with Gasteiger partial charge in [0.1, 0.15) is 6.61 Å². The first-order valence-corrected chi connectivity index (χ1v) is 12.9. The van der Waals surface area contributed by atoms with Crippen molar-refractivity contribution in [1.82, 2.24) is 10.3 Å². The molecule has 1 unspecified atom stereocenters. The minimum atomic E-state index is -0.874. The number of hydrogen-bond donors (Lipinski definition) is 2. The predicted molar refractivity (Wildman–Crippen MR) is 145 cm³/mol. The van der Waals surface area contributed by atoms with Crippen LogP contribution in [0.3, 0.4) is 0 Å². The Morgan fingerprint density at radius 3 is 2.34 bits per heavy atom. The fourth-order valence-corrected chi connectivity index (χ4v) is 3.66. The third-order valence-electron chi connectivity index (χ3n) is 6.49. The number of pyridine rings is 1. The smallest absolute Gasteiger partial charge is 0.312 e. The van der Waals surface area contributed by atoms with Crippen LogP contribution in [0.1, 0.15) is 90.0 Å². The van der Waals surface area contributed by atoms with Gasteiger partial charge in [-0.1, -0.05) is 27.2 Å². The molecule has 2 N–H and O–H groups in total. The van der Waals surface area contributed by atoms with Gasteiger partial charge in [-0.3, -0.25) is 19.4 Å². The van der Waals surface area contributed by atoms with Gasteiger partial charge in [0.05, 0.1) is 16.5 Å². The number of carbonyl (C=O) groups is 3. The molecule has 1 rings (SSSR count). The molecule has 8 nitrogen and oxygen atoms in total. The molecule has 1 amide bonds. The van der Waals surface area contributed by atoms with Gasteiger partial charge in [-0.25, -0.2) is 0 Å². The van der Waals surface area contributed by atoms with E-state index in [1.54, 1.807) is 34.6 Å². The molecule has 0 radical (unpaired) electrons. The van der Waals surface area contributed by atoms with E-state index in [9.17, 15) is 19.5 Å². The van der Waals surface area contributed by atoms with E-state index in [1.807, 2.05) is 6.92 Å². The Bertz CT molecular complexity index is 1060. The van der Waals surface area contributed by atoms with E-state index >= 15 is 0 Å². The second-order valence-corrected chi connectivity index (χ2v) is 10.8. The van der Waals surface area contributed by atoms with Crippen molar-refractivity contribution in [3.63, 3.8) is 0 Å². The Balaban J connectivity index is 3.21. The molecule has 38 heavy (non-hydrogen) atoms. The van der Waals surface area contributed by atoms with Gasteiger partial charge in [0, 0.05) is 49.7 Å². The number of aliphatic hydroxyl groups excluding tert-OH is 1. The summed E-state index contributed by atoms with van der Waals surface area (Å²) < 4.78 is 11.3. The number of rotatable bonds is 15. The third-order valence-corrected chi connectivity index (χ3v) is 6.49. The zero-order chi connectivity index (χ0) is 28.9. The summed E-state index contributed by atoms with van der Waals surface area (Å²) in [7, 11) is 0. The van der Waals surface area contributed by atoms with E-state index in [1.165, 1.54) is 6.20 Å². The summed E-state index contributed by atoms with van der Waals surface area (Å²) in [6.45, 7) is 10.5. The van der Waals surface area contributed by atoms with Gasteiger partial charge < -0.3 is 19.9 Å².